The number of aromatic nitrogens is 2. The molecule has 1 heterocycles. The third-order valence-corrected chi connectivity index (χ3v) is 4.12. The van der Waals surface area contributed by atoms with Crippen molar-refractivity contribution >= 4 is 17.6 Å². The number of aryl methyl sites for hydroxylation is 1. The molecular weight excluding hydrogens is 361 g/mol. The summed E-state index contributed by atoms with van der Waals surface area (Å²) in [5.41, 5.74) is 2.33. The van der Waals surface area contributed by atoms with E-state index in [1.165, 1.54) is 13.0 Å². The quantitative estimate of drug-likeness (QED) is 0.664. The molecule has 0 fully saturated rings. The lowest BCUT2D eigenvalue weighted by atomic mass is 10.2. The lowest BCUT2D eigenvalue weighted by Crippen LogP contribution is -2.30. The van der Waals surface area contributed by atoms with Crippen LogP contribution in [0.2, 0.25) is 0 Å². The Balaban J connectivity index is 1.54. The number of esters is 1. The second-order valence-corrected chi connectivity index (χ2v) is 6.39. The van der Waals surface area contributed by atoms with E-state index in [-0.39, 0.29) is 6.42 Å². The van der Waals surface area contributed by atoms with Gasteiger partial charge in [0.2, 0.25) is 0 Å². The number of carbonyl (C=O) groups excluding carboxylic acids is 2. The number of para-hydroxylation sites is 1. The number of carbonyl (C=O) groups is 2. The van der Waals surface area contributed by atoms with Crippen molar-refractivity contribution < 1.29 is 18.7 Å². The van der Waals surface area contributed by atoms with E-state index in [0.717, 1.165) is 5.69 Å². The lowest BCUT2D eigenvalue weighted by Gasteiger charge is -2.13. The molecule has 1 aromatic heterocycles. The van der Waals surface area contributed by atoms with Gasteiger partial charge in [-0.3, -0.25) is 9.59 Å². The van der Waals surface area contributed by atoms with Gasteiger partial charge in [0.05, 0.1) is 18.3 Å². The van der Waals surface area contributed by atoms with Gasteiger partial charge in [-0.05, 0) is 43.7 Å². The van der Waals surface area contributed by atoms with Gasteiger partial charge in [-0.2, -0.15) is 5.10 Å². The van der Waals surface area contributed by atoms with E-state index in [1.54, 1.807) is 36.1 Å². The first kappa shape index (κ1) is 19.3. The maximum absolute atomic E-state index is 13.6. The average molecular weight is 381 g/mol. The van der Waals surface area contributed by atoms with Gasteiger partial charge in [0, 0.05) is 17.4 Å². The van der Waals surface area contributed by atoms with Crippen LogP contribution in [0.5, 0.6) is 0 Å². The molecule has 1 unspecified atom stereocenters. The zero-order chi connectivity index (χ0) is 20.1. The second-order valence-electron chi connectivity index (χ2n) is 6.39. The van der Waals surface area contributed by atoms with Crippen molar-refractivity contribution in [1.29, 1.82) is 0 Å². The summed E-state index contributed by atoms with van der Waals surface area (Å²) in [7, 11) is 0. The lowest BCUT2D eigenvalue weighted by molar-refractivity contribution is -0.152. The van der Waals surface area contributed by atoms with E-state index in [9.17, 15) is 14.0 Å². The molecule has 28 heavy (non-hydrogen) atoms. The molecule has 0 spiro atoms. The molecule has 2 aromatic carbocycles. The van der Waals surface area contributed by atoms with Crippen molar-refractivity contribution in [3.63, 3.8) is 0 Å². The number of hydrogen-bond acceptors (Lipinski definition) is 4. The Hall–Kier alpha value is -3.48. The molecule has 0 saturated heterocycles. The molecular formula is C21H20FN3O3. The summed E-state index contributed by atoms with van der Waals surface area (Å²) in [6.45, 7) is 3.09. The number of halogens is 1. The molecule has 1 amide bonds. The highest BCUT2D eigenvalue weighted by atomic mass is 19.1. The summed E-state index contributed by atoms with van der Waals surface area (Å²) in [6.07, 6.45) is 2.29. The van der Waals surface area contributed by atoms with Gasteiger partial charge in [-0.15, -0.1) is 0 Å². The fourth-order valence-electron chi connectivity index (χ4n) is 2.55. The highest BCUT2D eigenvalue weighted by Crippen LogP contribution is 2.14. The van der Waals surface area contributed by atoms with E-state index in [0.29, 0.717) is 16.8 Å². The fraction of sp³-hybridized carbons (Fsp3) is 0.190. The van der Waals surface area contributed by atoms with Crippen LogP contribution < -0.4 is 5.32 Å². The maximum Gasteiger partial charge on any atom is 0.311 e. The normalized spacial score (nSPS) is 11.7. The Morgan fingerprint density at radius 2 is 1.96 bits per heavy atom. The number of amides is 1. The molecule has 0 aliphatic heterocycles. The number of rotatable bonds is 6. The number of nitrogens with zero attached hydrogens (tertiary/aromatic N) is 2. The SMILES string of the molecule is Cc1ccc(NC(=O)C(C)OC(=O)Cc2cnn(-c3ccccc3)c2)cc1F. The summed E-state index contributed by atoms with van der Waals surface area (Å²) in [6, 6.07) is 13.9. The van der Waals surface area contributed by atoms with E-state index < -0.39 is 23.8 Å². The Bertz CT molecular complexity index is 986. The Morgan fingerprint density at radius 1 is 1.21 bits per heavy atom. The molecule has 3 rings (SSSR count). The van der Waals surface area contributed by atoms with Crippen LogP contribution in [0.4, 0.5) is 10.1 Å². The molecule has 1 N–H and O–H groups in total. The minimum atomic E-state index is -1.01. The Kier molecular flexibility index (Phi) is 5.84. The third kappa shape index (κ3) is 4.82. The van der Waals surface area contributed by atoms with Gasteiger partial charge >= 0.3 is 5.97 Å². The largest absolute Gasteiger partial charge is 0.452 e. The highest BCUT2D eigenvalue weighted by molar-refractivity contribution is 5.95. The summed E-state index contributed by atoms with van der Waals surface area (Å²) in [5.74, 6) is -1.50. The van der Waals surface area contributed by atoms with Gasteiger partial charge < -0.3 is 10.1 Å². The summed E-state index contributed by atoms with van der Waals surface area (Å²) in [4.78, 5) is 24.3. The molecule has 6 nitrogen and oxygen atoms in total. The molecule has 0 aliphatic rings. The standard InChI is InChI=1S/C21H20FN3O3/c1-14-8-9-17(11-19(14)22)24-21(27)15(2)28-20(26)10-16-12-23-25(13-16)18-6-4-3-5-7-18/h3-9,11-13,15H,10H2,1-2H3,(H,24,27). The minimum Gasteiger partial charge on any atom is -0.452 e. The summed E-state index contributed by atoms with van der Waals surface area (Å²) < 4.78 is 20.4. The molecule has 7 heteroatoms. The number of hydrogen-bond donors (Lipinski definition) is 1. The van der Waals surface area contributed by atoms with Crippen molar-refractivity contribution in [3.05, 3.63) is 77.9 Å². The second kappa shape index (κ2) is 8.47. The fourth-order valence-corrected chi connectivity index (χ4v) is 2.55. The van der Waals surface area contributed by atoms with Crippen LogP contribution >= 0.6 is 0 Å². The van der Waals surface area contributed by atoms with Gasteiger partial charge in [0.1, 0.15) is 5.82 Å². The van der Waals surface area contributed by atoms with Crippen molar-refractivity contribution in [2.75, 3.05) is 5.32 Å². The minimum absolute atomic E-state index is 0.0103. The van der Waals surface area contributed by atoms with Crippen molar-refractivity contribution in [3.8, 4) is 5.69 Å². The van der Waals surface area contributed by atoms with Crippen LogP contribution in [-0.2, 0) is 20.7 Å². The van der Waals surface area contributed by atoms with Gasteiger partial charge in [0.25, 0.3) is 5.91 Å². The van der Waals surface area contributed by atoms with Crippen LogP contribution in [0.3, 0.4) is 0 Å². The predicted octanol–water partition coefficient (Wildman–Crippen LogP) is 3.43. The maximum atomic E-state index is 13.6. The first-order valence-electron chi connectivity index (χ1n) is 8.78. The molecule has 0 radical (unpaired) electrons. The molecule has 1 atom stereocenters. The van der Waals surface area contributed by atoms with Crippen LogP contribution in [-0.4, -0.2) is 27.8 Å². The van der Waals surface area contributed by atoms with Gasteiger partial charge in [-0.1, -0.05) is 24.3 Å². The number of anilines is 1. The molecule has 0 aliphatic carbocycles. The average Bonchev–Trinajstić information content (AvgIpc) is 3.13. The van der Waals surface area contributed by atoms with Crippen LogP contribution in [0.1, 0.15) is 18.1 Å². The van der Waals surface area contributed by atoms with Gasteiger partial charge in [-0.25, -0.2) is 9.07 Å². The first-order chi connectivity index (χ1) is 13.4. The summed E-state index contributed by atoms with van der Waals surface area (Å²) >= 11 is 0. The van der Waals surface area contributed by atoms with Crippen molar-refractivity contribution in [2.45, 2.75) is 26.4 Å². The first-order valence-corrected chi connectivity index (χ1v) is 8.78. The van der Waals surface area contributed by atoms with Crippen LogP contribution in [0.25, 0.3) is 5.69 Å². The van der Waals surface area contributed by atoms with E-state index >= 15 is 0 Å². The van der Waals surface area contributed by atoms with Crippen LogP contribution in [0.15, 0.2) is 60.9 Å². The zero-order valence-electron chi connectivity index (χ0n) is 15.6. The number of ether oxygens (including phenoxy) is 1. The topological polar surface area (TPSA) is 73.2 Å². The smallest absolute Gasteiger partial charge is 0.311 e. The monoisotopic (exact) mass is 381 g/mol. The van der Waals surface area contributed by atoms with Crippen LogP contribution in [0, 0.1) is 12.7 Å². The molecule has 0 saturated carbocycles. The van der Waals surface area contributed by atoms with E-state index in [1.807, 2.05) is 30.3 Å². The Morgan fingerprint density at radius 3 is 2.68 bits per heavy atom. The molecule has 3 aromatic rings. The summed E-state index contributed by atoms with van der Waals surface area (Å²) in [5, 5.41) is 6.75. The number of nitrogens with one attached hydrogen (secondary N) is 1. The zero-order valence-corrected chi connectivity index (χ0v) is 15.6. The van der Waals surface area contributed by atoms with Crippen molar-refractivity contribution in [2.24, 2.45) is 0 Å². The van der Waals surface area contributed by atoms with E-state index in [4.69, 9.17) is 4.74 Å². The molecule has 144 valence electrons. The highest BCUT2D eigenvalue weighted by Gasteiger charge is 2.19. The third-order valence-electron chi connectivity index (χ3n) is 4.12. The van der Waals surface area contributed by atoms with Crippen molar-refractivity contribution in [1.82, 2.24) is 9.78 Å². The van der Waals surface area contributed by atoms with Gasteiger partial charge in [0.15, 0.2) is 6.10 Å². The van der Waals surface area contributed by atoms with E-state index in [2.05, 4.69) is 10.4 Å². The predicted molar refractivity (Wildman–Crippen MR) is 103 cm³/mol. The molecule has 0 bridgehead atoms. The number of benzene rings is 2. The Labute approximate surface area is 161 Å².